The van der Waals surface area contributed by atoms with E-state index in [0.717, 1.165) is 13.2 Å². The third-order valence-electron chi connectivity index (χ3n) is 1.60. The van der Waals surface area contributed by atoms with Crippen molar-refractivity contribution in [3.8, 4) is 0 Å². The Bertz CT molecular complexity index is 357. The molecule has 1 rings (SSSR count). The maximum atomic E-state index is 10.4. The van der Waals surface area contributed by atoms with Crippen molar-refractivity contribution in [1.82, 2.24) is 0 Å². The molecule has 1 aromatic carbocycles. The highest BCUT2D eigenvalue weighted by atomic mass is 32.2. The van der Waals surface area contributed by atoms with Crippen molar-refractivity contribution in [2.45, 2.75) is 19.6 Å². The van der Waals surface area contributed by atoms with Crippen molar-refractivity contribution in [3.05, 3.63) is 35.9 Å². The van der Waals surface area contributed by atoms with Gasteiger partial charge in [-0.15, -0.1) is 0 Å². The molecular weight excluding hydrogens is 228 g/mol. The van der Waals surface area contributed by atoms with Gasteiger partial charge in [-0.2, -0.15) is 8.42 Å². The first-order valence-electron chi connectivity index (χ1n) is 5.06. The average molecular weight is 246 g/mol. The Hall–Kier alpha value is -0.910. The Balaban J connectivity index is 0.000000385. The summed E-state index contributed by atoms with van der Waals surface area (Å²) >= 11 is 0. The lowest BCUT2D eigenvalue weighted by atomic mass is 10.2. The van der Waals surface area contributed by atoms with Crippen molar-refractivity contribution < 1.29 is 17.7 Å². The highest BCUT2D eigenvalue weighted by Gasteiger charge is 2.04. The van der Waals surface area contributed by atoms with Crippen LogP contribution in [0.3, 0.4) is 0 Å². The summed E-state index contributed by atoms with van der Waals surface area (Å²) in [6.07, 6.45) is 0. The minimum absolute atomic E-state index is 0.312. The van der Waals surface area contributed by atoms with E-state index in [0.29, 0.717) is 5.56 Å². The van der Waals surface area contributed by atoms with Crippen LogP contribution in [0, 0.1) is 0 Å². The van der Waals surface area contributed by atoms with Gasteiger partial charge in [0.25, 0.3) is 10.1 Å². The minimum Gasteiger partial charge on any atom is -0.382 e. The molecular formula is C11H18O4S. The lowest BCUT2D eigenvalue weighted by Crippen LogP contribution is -2.00. The van der Waals surface area contributed by atoms with E-state index in [1.54, 1.807) is 30.3 Å². The van der Waals surface area contributed by atoms with E-state index in [1.807, 2.05) is 13.8 Å². The monoisotopic (exact) mass is 246 g/mol. The van der Waals surface area contributed by atoms with E-state index < -0.39 is 10.1 Å². The van der Waals surface area contributed by atoms with Gasteiger partial charge in [0, 0.05) is 13.2 Å². The summed E-state index contributed by atoms with van der Waals surface area (Å²) in [5.41, 5.74) is 0.593. The number of rotatable bonds is 4. The van der Waals surface area contributed by atoms with E-state index in [4.69, 9.17) is 9.29 Å². The van der Waals surface area contributed by atoms with E-state index in [9.17, 15) is 8.42 Å². The molecule has 0 saturated heterocycles. The van der Waals surface area contributed by atoms with Gasteiger partial charge in [0.15, 0.2) is 0 Å². The van der Waals surface area contributed by atoms with Crippen LogP contribution in [0.2, 0.25) is 0 Å². The molecule has 0 saturated carbocycles. The molecule has 0 aliphatic heterocycles. The zero-order valence-electron chi connectivity index (χ0n) is 9.59. The average Bonchev–Trinajstić information content (AvgIpc) is 2.19. The zero-order chi connectivity index (χ0) is 12.4. The molecule has 0 atom stereocenters. The third-order valence-corrected chi connectivity index (χ3v) is 2.30. The van der Waals surface area contributed by atoms with Crippen LogP contribution in [0.5, 0.6) is 0 Å². The standard InChI is InChI=1S/C7H8O3S.C4H10O/c8-11(9,10)6-7-4-2-1-3-5-7;1-3-5-4-2/h1-5H,6H2,(H,8,9,10);3-4H2,1-2H3. The van der Waals surface area contributed by atoms with E-state index in [-0.39, 0.29) is 5.75 Å². The summed E-state index contributed by atoms with van der Waals surface area (Å²) in [6, 6.07) is 8.52. The number of hydrogen-bond acceptors (Lipinski definition) is 3. The molecule has 0 bridgehead atoms. The van der Waals surface area contributed by atoms with Crippen LogP contribution >= 0.6 is 0 Å². The molecule has 92 valence electrons. The Morgan fingerprint density at radius 1 is 1.12 bits per heavy atom. The maximum absolute atomic E-state index is 10.4. The number of hydrogen-bond donors (Lipinski definition) is 1. The summed E-state index contributed by atoms with van der Waals surface area (Å²) in [5, 5.41) is 0. The first kappa shape index (κ1) is 15.1. The quantitative estimate of drug-likeness (QED) is 0.826. The molecule has 0 spiro atoms. The van der Waals surface area contributed by atoms with Gasteiger partial charge in [-0.25, -0.2) is 0 Å². The first-order chi connectivity index (χ1) is 7.49. The lowest BCUT2D eigenvalue weighted by molar-refractivity contribution is 0.162. The van der Waals surface area contributed by atoms with Crippen molar-refractivity contribution >= 4 is 10.1 Å². The van der Waals surface area contributed by atoms with Gasteiger partial charge in [-0.1, -0.05) is 30.3 Å². The second-order valence-corrected chi connectivity index (χ2v) is 4.45. The Morgan fingerprint density at radius 2 is 1.62 bits per heavy atom. The van der Waals surface area contributed by atoms with Gasteiger partial charge in [-0.3, -0.25) is 4.55 Å². The predicted octanol–water partition coefficient (Wildman–Crippen LogP) is 2.12. The Morgan fingerprint density at radius 3 is 1.94 bits per heavy atom. The molecule has 0 unspecified atom stereocenters. The van der Waals surface area contributed by atoms with Gasteiger partial charge in [0.1, 0.15) is 5.75 Å². The van der Waals surface area contributed by atoms with E-state index >= 15 is 0 Å². The highest BCUT2D eigenvalue weighted by molar-refractivity contribution is 7.85. The van der Waals surface area contributed by atoms with Crippen LogP contribution in [-0.2, 0) is 20.6 Å². The lowest BCUT2D eigenvalue weighted by Gasteiger charge is -1.95. The predicted molar refractivity (Wildman–Crippen MR) is 63.9 cm³/mol. The van der Waals surface area contributed by atoms with Gasteiger partial charge >= 0.3 is 0 Å². The van der Waals surface area contributed by atoms with E-state index in [1.165, 1.54) is 0 Å². The molecule has 0 amide bonds. The van der Waals surface area contributed by atoms with Crippen molar-refractivity contribution in [2.75, 3.05) is 13.2 Å². The van der Waals surface area contributed by atoms with Crippen LogP contribution in [0.25, 0.3) is 0 Å². The summed E-state index contributed by atoms with van der Waals surface area (Å²) in [5.74, 6) is -0.312. The van der Waals surface area contributed by atoms with Gasteiger partial charge in [-0.05, 0) is 19.4 Å². The topological polar surface area (TPSA) is 63.6 Å². The summed E-state index contributed by atoms with van der Waals surface area (Å²) < 4.78 is 34.0. The van der Waals surface area contributed by atoms with Crippen LogP contribution in [0.4, 0.5) is 0 Å². The SMILES string of the molecule is CCOCC.O=S(=O)(O)Cc1ccccc1. The third kappa shape index (κ3) is 9.64. The fraction of sp³-hybridized carbons (Fsp3) is 0.455. The maximum Gasteiger partial charge on any atom is 0.269 e. The minimum atomic E-state index is -3.88. The highest BCUT2D eigenvalue weighted by Crippen LogP contribution is 2.02. The second-order valence-electron chi connectivity index (χ2n) is 2.99. The molecule has 1 N–H and O–H groups in total. The van der Waals surface area contributed by atoms with Gasteiger partial charge < -0.3 is 4.74 Å². The van der Waals surface area contributed by atoms with Gasteiger partial charge in [0.05, 0.1) is 0 Å². The summed E-state index contributed by atoms with van der Waals surface area (Å²) in [4.78, 5) is 0. The summed E-state index contributed by atoms with van der Waals surface area (Å²) in [6.45, 7) is 5.67. The van der Waals surface area contributed by atoms with Gasteiger partial charge in [0.2, 0.25) is 0 Å². The molecule has 5 heteroatoms. The summed E-state index contributed by atoms with van der Waals surface area (Å²) in [7, 11) is -3.88. The van der Waals surface area contributed by atoms with E-state index in [2.05, 4.69) is 0 Å². The van der Waals surface area contributed by atoms with Crippen molar-refractivity contribution in [3.63, 3.8) is 0 Å². The smallest absolute Gasteiger partial charge is 0.269 e. The zero-order valence-corrected chi connectivity index (χ0v) is 10.4. The fourth-order valence-corrected chi connectivity index (χ4v) is 1.60. The van der Waals surface area contributed by atoms with Crippen molar-refractivity contribution in [1.29, 1.82) is 0 Å². The van der Waals surface area contributed by atoms with Crippen LogP contribution < -0.4 is 0 Å². The Kier molecular flexibility index (Phi) is 7.80. The molecule has 0 aromatic heterocycles. The van der Waals surface area contributed by atoms with Crippen molar-refractivity contribution in [2.24, 2.45) is 0 Å². The normalized spacial score (nSPS) is 10.4. The second kappa shape index (κ2) is 8.27. The number of benzene rings is 1. The molecule has 0 radical (unpaired) electrons. The number of ether oxygens (including phenoxy) is 1. The largest absolute Gasteiger partial charge is 0.382 e. The molecule has 0 fully saturated rings. The first-order valence-corrected chi connectivity index (χ1v) is 6.67. The molecule has 0 heterocycles. The molecule has 16 heavy (non-hydrogen) atoms. The van der Waals surface area contributed by atoms with Crippen LogP contribution in [0.15, 0.2) is 30.3 Å². The molecule has 4 nitrogen and oxygen atoms in total. The molecule has 0 aliphatic carbocycles. The van der Waals surface area contributed by atoms with Crippen LogP contribution in [-0.4, -0.2) is 26.2 Å². The molecule has 1 aromatic rings. The fourth-order valence-electron chi connectivity index (χ4n) is 0.989. The molecule has 0 aliphatic rings. The van der Waals surface area contributed by atoms with Crippen LogP contribution in [0.1, 0.15) is 19.4 Å². The Labute approximate surface area is 97.0 Å².